The number of carbonyl (C=O) groups is 4. The number of aliphatic carboxylic acids is 1. The van der Waals surface area contributed by atoms with E-state index in [0.717, 1.165) is 0 Å². The predicted octanol–water partition coefficient (Wildman–Crippen LogP) is 4.59. The highest BCUT2D eigenvalue weighted by molar-refractivity contribution is 6.31. The largest absolute Gasteiger partial charge is 0.477 e. The van der Waals surface area contributed by atoms with Crippen LogP contribution < -0.4 is 15.6 Å². The Hall–Kier alpha value is -5.48. The first kappa shape index (κ1) is 38.8. The summed E-state index contributed by atoms with van der Waals surface area (Å²) in [6.07, 6.45) is -2.21. The van der Waals surface area contributed by atoms with Crippen LogP contribution in [0.1, 0.15) is 25.0 Å². The molecule has 56 heavy (non-hydrogen) atoms. The molecule has 3 aliphatic rings. The Morgan fingerprint density at radius 3 is 2.48 bits per heavy atom. The molecule has 0 spiro atoms. The van der Waals surface area contributed by atoms with Crippen LogP contribution in [0, 0.1) is 11.8 Å². The van der Waals surface area contributed by atoms with Crippen molar-refractivity contribution in [2.75, 3.05) is 33.2 Å². The molecule has 17 heteroatoms. The number of aromatic amines is 1. The van der Waals surface area contributed by atoms with E-state index in [4.69, 9.17) is 32.7 Å². The zero-order valence-corrected chi connectivity index (χ0v) is 32.0. The maximum atomic E-state index is 13.7. The summed E-state index contributed by atoms with van der Waals surface area (Å²) in [7, 11) is 1.56. The number of carboxylic acids is 1. The lowest BCUT2D eigenvalue weighted by molar-refractivity contribution is -0.163. The monoisotopic (exact) mass is 804 g/mol. The van der Waals surface area contributed by atoms with Crippen LogP contribution >= 0.6 is 23.2 Å². The molecule has 3 aromatic carbocycles. The Morgan fingerprint density at radius 2 is 1.77 bits per heavy atom. The highest BCUT2D eigenvalue weighted by Gasteiger charge is 2.60. The lowest BCUT2D eigenvalue weighted by Crippen LogP contribution is -2.63. The number of piperazine rings is 1. The molecule has 3 aliphatic heterocycles. The molecule has 0 radical (unpaired) electrons. The predicted molar refractivity (Wildman–Crippen MR) is 206 cm³/mol. The topological polar surface area (TPSA) is 195 Å². The fraction of sp³-hybridized carbons (Fsp3) is 0.333. The third-order valence-electron chi connectivity index (χ3n) is 10.4. The molecule has 7 rings (SSSR count). The molecule has 2 saturated heterocycles. The van der Waals surface area contributed by atoms with Gasteiger partial charge in [0, 0.05) is 49.2 Å². The second-order valence-corrected chi connectivity index (χ2v) is 15.0. The number of aliphatic hydroxyl groups is 1. The molecule has 5 atom stereocenters. The van der Waals surface area contributed by atoms with Crippen LogP contribution in [0.5, 0.6) is 5.75 Å². The number of ether oxygens (including phenoxy) is 2. The van der Waals surface area contributed by atoms with Gasteiger partial charge in [0.25, 0.3) is 5.56 Å². The minimum absolute atomic E-state index is 0.0763. The molecule has 3 amide bonds. The van der Waals surface area contributed by atoms with E-state index in [9.17, 15) is 34.2 Å². The summed E-state index contributed by atoms with van der Waals surface area (Å²) in [5.74, 6) is -2.35. The van der Waals surface area contributed by atoms with Gasteiger partial charge in [-0.3, -0.25) is 9.59 Å². The molecule has 1 aromatic heterocycles. The molecule has 2 fully saturated rings. The van der Waals surface area contributed by atoms with Crippen molar-refractivity contribution in [1.82, 2.24) is 30.0 Å². The summed E-state index contributed by atoms with van der Waals surface area (Å²) >= 11 is 12.4. The molecule has 4 N–H and O–H groups in total. The normalized spacial score (nSPS) is 21.1. The van der Waals surface area contributed by atoms with E-state index in [0.29, 0.717) is 62.8 Å². The third kappa shape index (κ3) is 7.30. The van der Waals surface area contributed by atoms with Gasteiger partial charge in [0.2, 0.25) is 5.91 Å². The molecule has 4 heterocycles. The number of hydrogen-bond acceptors (Lipinski definition) is 10. The van der Waals surface area contributed by atoms with Crippen molar-refractivity contribution in [2.24, 2.45) is 11.8 Å². The van der Waals surface area contributed by atoms with E-state index in [1.165, 1.54) is 39.8 Å². The molecular weight excluding hydrogens is 767 g/mol. The van der Waals surface area contributed by atoms with Crippen molar-refractivity contribution in [3.05, 3.63) is 97.9 Å². The van der Waals surface area contributed by atoms with Crippen molar-refractivity contribution in [1.29, 1.82) is 0 Å². The maximum absolute atomic E-state index is 13.7. The van der Waals surface area contributed by atoms with Gasteiger partial charge in [0.1, 0.15) is 23.9 Å². The Bertz CT molecular complexity index is 2330. The number of H-pyrrole nitrogens is 1. The second-order valence-electron chi connectivity index (χ2n) is 14.1. The van der Waals surface area contributed by atoms with Crippen LogP contribution in [-0.4, -0.2) is 110 Å². The van der Waals surface area contributed by atoms with E-state index in [1.807, 2.05) is 6.92 Å². The van der Waals surface area contributed by atoms with Crippen LogP contribution in [-0.2, 0) is 20.9 Å². The van der Waals surface area contributed by atoms with Gasteiger partial charge in [-0.1, -0.05) is 54.4 Å². The molecule has 0 saturated carbocycles. The van der Waals surface area contributed by atoms with Crippen molar-refractivity contribution >= 4 is 63.7 Å². The third-order valence-corrected chi connectivity index (χ3v) is 10.9. The first-order chi connectivity index (χ1) is 26.7. The Balaban J connectivity index is 0.993. The first-order valence-electron chi connectivity index (χ1n) is 17.9. The van der Waals surface area contributed by atoms with Crippen molar-refractivity contribution in [3.63, 3.8) is 0 Å². The minimum Gasteiger partial charge on any atom is -0.477 e. The van der Waals surface area contributed by atoms with E-state index in [2.05, 4.69) is 15.3 Å². The van der Waals surface area contributed by atoms with E-state index >= 15 is 0 Å². The second kappa shape index (κ2) is 15.6. The van der Waals surface area contributed by atoms with Crippen molar-refractivity contribution in [2.45, 2.75) is 38.6 Å². The van der Waals surface area contributed by atoms with E-state index < -0.39 is 53.7 Å². The summed E-state index contributed by atoms with van der Waals surface area (Å²) in [5, 5.41) is 24.4. The van der Waals surface area contributed by atoms with Crippen LogP contribution in [0.3, 0.4) is 0 Å². The molecule has 1 unspecified atom stereocenters. The number of carbonyl (C=O) groups excluding carboxylic acids is 3. The molecule has 4 aromatic rings. The van der Waals surface area contributed by atoms with Gasteiger partial charge in [-0.25, -0.2) is 19.4 Å². The molecule has 0 bridgehead atoms. The van der Waals surface area contributed by atoms with E-state index in [1.54, 1.807) is 49.5 Å². The highest BCUT2D eigenvalue weighted by atomic mass is 35.5. The van der Waals surface area contributed by atoms with Gasteiger partial charge in [0.15, 0.2) is 0 Å². The first-order valence-corrected chi connectivity index (χ1v) is 18.6. The Labute approximate surface area is 330 Å². The van der Waals surface area contributed by atoms with Crippen LogP contribution in [0.25, 0.3) is 27.9 Å². The number of hydrogen-bond donors (Lipinski definition) is 4. The highest BCUT2D eigenvalue weighted by Crippen LogP contribution is 2.50. The van der Waals surface area contributed by atoms with Gasteiger partial charge < -0.3 is 44.7 Å². The van der Waals surface area contributed by atoms with E-state index in [-0.39, 0.29) is 36.3 Å². The number of rotatable bonds is 9. The summed E-state index contributed by atoms with van der Waals surface area (Å²) in [4.78, 5) is 76.0. The maximum Gasteiger partial charge on any atom is 0.415 e. The van der Waals surface area contributed by atoms with Gasteiger partial charge >= 0.3 is 18.2 Å². The lowest BCUT2D eigenvalue weighted by atomic mass is 9.77. The van der Waals surface area contributed by atoms with Gasteiger partial charge in [-0.2, -0.15) is 0 Å². The average Bonchev–Trinajstić information content (AvgIpc) is 3.43. The number of nitrogens with zero attached hydrogens (tertiary/aromatic N) is 4. The summed E-state index contributed by atoms with van der Waals surface area (Å²) in [5.41, 5.74) is 1.93. The number of aliphatic hydroxyl groups excluding tert-OH is 1. The molecule has 292 valence electrons. The number of carboxylic acid groups (broad SMARTS) is 1. The standard InChI is InChI=1S/C39H38Cl2N6O9/c1-19-30(33(37(51)52)47-32(19)31(20(2)48)36(47)50)22-6-4-21(5-7-22)18-55-38(53)45(3)17-25-16-42-12-13-46(25)39(54)56-29-11-9-24(41)15-27(29)34-43-28-10-8-23(40)14-26(28)35(49)44-34/h4-11,14-15,19-20,25,31-32,42,48H,12-13,16-18H2,1-3H3,(H,51,52)(H,43,44,49)/t19-,20+,25?,31+,32+/m0/s1. The average molecular weight is 806 g/mol. The zero-order chi connectivity index (χ0) is 40.0. The SMILES string of the molecule is C[C@@H](O)[C@H]1C(=O)N2C(C(=O)O)=C(c3ccc(COC(=O)N(C)CC4CNCCN4C(=O)Oc4ccc(Cl)cc4-c4nc5ccc(Cl)cc5c(=O)[nH]4)cc3)[C@H](C)[C@H]12. The number of β-lactam (4-membered cyclic amide) rings is 1. The number of halogens is 2. The van der Waals surface area contributed by atoms with Crippen LogP contribution in [0.4, 0.5) is 9.59 Å². The van der Waals surface area contributed by atoms with Crippen LogP contribution in [0.2, 0.25) is 10.0 Å². The number of benzene rings is 3. The molecule has 15 nitrogen and oxygen atoms in total. The Kier molecular flexibility index (Phi) is 10.8. The Morgan fingerprint density at radius 1 is 1.05 bits per heavy atom. The summed E-state index contributed by atoms with van der Waals surface area (Å²) in [6.45, 7) is 4.57. The zero-order valence-electron chi connectivity index (χ0n) is 30.5. The number of amides is 3. The van der Waals surface area contributed by atoms with Gasteiger partial charge in [0.05, 0.1) is 40.6 Å². The van der Waals surface area contributed by atoms with Crippen LogP contribution in [0.15, 0.2) is 71.2 Å². The van der Waals surface area contributed by atoms with Crippen molar-refractivity contribution < 1.29 is 38.9 Å². The number of fused-ring (bicyclic) bond motifs is 2. The summed E-state index contributed by atoms with van der Waals surface area (Å²) in [6, 6.07) is 15.3. The molecular formula is C39H38Cl2N6O9. The van der Waals surface area contributed by atoms with Crippen molar-refractivity contribution in [3.8, 4) is 17.1 Å². The summed E-state index contributed by atoms with van der Waals surface area (Å²) < 4.78 is 11.4. The quantitative estimate of drug-likeness (QED) is 0.173. The van der Waals surface area contributed by atoms with Gasteiger partial charge in [-0.15, -0.1) is 0 Å². The number of aromatic nitrogens is 2. The number of nitrogens with one attached hydrogen (secondary N) is 2. The fourth-order valence-corrected chi connectivity index (χ4v) is 8.05. The van der Waals surface area contributed by atoms with Gasteiger partial charge in [-0.05, 0) is 60.0 Å². The number of likely N-dealkylation sites (N-methyl/N-ethyl adjacent to an activating group) is 1. The smallest absolute Gasteiger partial charge is 0.415 e. The fourth-order valence-electron chi connectivity index (χ4n) is 7.71. The lowest BCUT2D eigenvalue weighted by Gasteiger charge is -2.46. The molecule has 0 aliphatic carbocycles. The minimum atomic E-state index is -1.22.